The number of nitrogens with zero attached hydrogens (tertiary/aromatic N) is 2. The topological polar surface area (TPSA) is 70.1 Å². The van der Waals surface area contributed by atoms with Crippen molar-refractivity contribution in [3.05, 3.63) is 48.6 Å². The van der Waals surface area contributed by atoms with Gasteiger partial charge in [-0.25, -0.2) is 4.98 Å². The second kappa shape index (κ2) is 6.93. The minimum Gasteiger partial charge on any atom is -0.466 e. The molecule has 2 N–H and O–H groups in total. The van der Waals surface area contributed by atoms with Gasteiger partial charge in [0.25, 0.3) is 0 Å². The van der Waals surface area contributed by atoms with Crippen LogP contribution in [0.4, 0.5) is 5.69 Å². The molecule has 116 valence electrons. The molecule has 0 fully saturated rings. The molecule has 1 heterocycles. The van der Waals surface area contributed by atoms with Crippen LogP contribution in [0.25, 0.3) is 11.3 Å². The van der Waals surface area contributed by atoms with Crippen LogP contribution < -0.4 is 5.73 Å². The number of carbonyl (C=O) groups excluding carboxylic acids is 1. The minimum atomic E-state index is -0.220. The summed E-state index contributed by atoms with van der Waals surface area (Å²) in [4.78, 5) is 15.8. The highest BCUT2D eigenvalue weighted by molar-refractivity contribution is 5.71. The quantitative estimate of drug-likeness (QED) is 0.657. The molecule has 0 radical (unpaired) electrons. The van der Waals surface area contributed by atoms with E-state index < -0.39 is 0 Å². The van der Waals surface area contributed by atoms with E-state index in [9.17, 15) is 4.79 Å². The predicted octanol–water partition coefficient (Wildman–Crippen LogP) is 2.98. The number of hydrogen-bond donors (Lipinski definition) is 1. The third-order valence-electron chi connectivity index (χ3n) is 3.36. The SMILES string of the molecule is C=C(C)c1ccc(-n2ccnc2CCC(=O)OCC)c(N)c1. The Labute approximate surface area is 130 Å². The van der Waals surface area contributed by atoms with Crippen LogP contribution >= 0.6 is 0 Å². The molecule has 0 aliphatic heterocycles. The molecule has 0 atom stereocenters. The fraction of sp³-hybridized carbons (Fsp3) is 0.294. The molecule has 22 heavy (non-hydrogen) atoms. The number of carbonyl (C=O) groups is 1. The molecule has 0 unspecified atom stereocenters. The van der Waals surface area contributed by atoms with E-state index in [-0.39, 0.29) is 5.97 Å². The lowest BCUT2D eigenvalue weighted by Gasteiger charge is -2.12. The van der Waals surface area contributed by atoms with Crippen LogP contribution in [-0.2, 0) is 16.0 Å². The number of imidazole rings is 1. The summed E-state index contributed by atoms with van der Waals surface area (Å²) in [5.74, 6) is 0.561. The van der Waals surface area contributed by atoms with E-state index in [4.69, 9.17) is 10.5 Å². The first-order valence-corrected chi connectivity index (χ1v) is 7.26. The van der Waals surface area contributed by atoms with Gasteiger partial charge < -0.3 is 15.0 Å². The third kappa shape index (κ3) is 3.55. The van der Waals surface area contributed by atoms with Crippen molar-refractivity contribution in [3.63, 3.8) is 0 Å². The van der Waals surface area contributed by atoms with Gasteiger partial charge in [-0.15, -0.1) is 0 Å². The number of anilines is 1. The fourth-order valence-electron chi connectivity index (χ4n) is 2.23. The zero-order valence-electron chi connectivity index (χ0n) is 13.0. The van der Waals surface area contributed by atoms with Gasteiger partial charge in [0.05, 0.1) is 24.4 Å². The van der Waals surface area contributed by atoms with Gasteiger partial charge in [0.2, 0.25) is 0 Å². The van der Waals surface area contributed by atoms with Crippen molar-refractivity contribution in [1.29, 1.82) is 0 Å². The van der Waals surface area contributed by atoms with Crippen LogP contribution in [-0.4, -0.2) is 22.1 Å². The molecule has 1 aromatic carbocycles. The average Bonchev–Trinajstić information content (AvgIpc) is 2.93. The molecule has 0 bridgehead atoms. The van der Waals surface area contributed by atoms with E-state index in [1.807, 2.05) is 35.9 Å². The molecule has 2 rings (SSSR count). The molecular weight excluding hydrogens is 278 g/mol. The second-order valence-corrected chi connectivity index (χ2v) is 5.07. The summed E-state index contributed by atoms with van der Waals surface area (Å²) in [7, 11) is 0. The number of nitrogen functional groups attached to an aromatic ring is 1. The van der Waals surface area contributed by atoms with Gasteiger partial charge in [-0.3, -0.25) is 4.79 Å². The molecule has 5 nitrogen and oxygen atoms in total. The molecule has 0 saturated heterocycles. The first-order chi connectivity index (χ1) is 10.5. The summed E-state index contributed by atoms with van der Waals surface area (Å²) in [6, 6.07) is 5.81. The number of ether oxygens (including phenoxy) is 1. The Morgan fingerprint density at radius 1 is 1.45 bits per heavy atom. The third-order valence-corrected chi connectivity index (χ3v) is 3.36. The summed E-state index contributed by atoms with van der Waals surface area (Å²) < 4.78 is 6.84. The van der Waals surface area contributed by atoms with E-state index in [1.54, 1.807) is 13.1 Å². The summed E-state index contributed by atoms with van der Waals surface area (Å²) >= 11 is 0. The molecule has 0 aliphatic rings. The molecule has 0 aliphatic carbocycles. The van der Waals surface area contributed by atoms with Crippen LogP contribution in [0.15, 0.2) is 37.2 Å². The van der Waals surface area contributed by atoms with Crippen molar-refractivity contribution in [2.45, 2.75) is 26.7 Å². The molecule has 0 amide bonds. The van der Waals surface area contributed by atoms with Crippen molar-refractivity contribution >= 4 is 17.2 Å². The number of aromatic nitrogens is 2. The highest BCUT2D eigenvalue weighted by Crippen LogP contribution is 2.23. The van der Waals surface area contributed by atoms with Gasteiger partial charge in [-0.2, -0.15) is 0 Å². The summed E-state index contributed by atoms with van der Waals surface area (Å²) in [5.41, 5.74) is 9.61. The van der Waals surface area contributed by atoms with Crippen molar-refractivity contribution in [3.8, 4) is 5.69 Å². The number of allylic oxidation sites excluding steroid dienone is 1. The van der Waals surface area contributed by atoms with Gasteiger partial charge in [0.15, 0.2) is 0 Å². The lowest BCUT2D eigenvalue weighted by Crippen LogP contribution is -2.09. The minimum absolute atomic E-state index is 0.220. The number of rotatable bonds is 6. The Bertz CT molecular complexity index is 689. The zero-order chi connectivity index (χ0) is 16.1. The van der Waals surface area contributed by atoms with Crippen molar-refractivity contribution < 1.29 is 9.53 Å². The Morgan fingerprint density at radius 2 is 2.23 bits per heavy atom. The zero-order valence-corrected chi connectivity index (χ0v) is 13.0. The maximum atomic E-state index is 11.5. The number of benzene rings is 1. The lowest BCUT2D eigenvalue weighted by atomic mass is 10.1. The monoisotopic (exact) mass is 299 g/mol. The number of aryl methyl sites for hydroxylation is 1. The maximum Gasteiger partial charge on any atom is 0.306 e. The van der Waals surface area contributed by atoms with E-state index >= 15 is 0 Å². The van der Waals surface area contributed by atoms with Crippen LogP contribution in [0.2, 0.25) is 0 Å². The van der Waals surface area contributed by atoms with Crippen molar-refractivity contribution in [2.75, 3.05) is 12.3 Å². The lowest BCUT2D eigenvalue weighted by molar-refractivity contribution is -0.143. The van der Waals surface area contributed by atoms with E-state index in [0.717, 1.165) is 22.6 Å². The summed E-state index contributed by atoms with van der Waals surface area (Å²) in [6.07, 6.45) is 4.35. The molecule has 0 spiro atoms. The highest BCUT2D eigenvalue weighted by Gasteiger charge is 2.11. The van der Waals surface area contributed by atoms with Crippen LogP contribution in [0.5, 0.6) is 0 Å². The molecule has 0 saturated carbocycles. The number of hydrogen-bond acceptors (Lipinski definition) is 4. The molecule has 1 aromatic heterocycles. The smallest absolute Gasteiger partial charge is 0.306 e. The van der Waals surface area contributed by atoms with Gasteiger partial charge in [0, 0.05) is 18.8 Å². The second-order valence-electron chi connectivity index (χ2n) is 5.07. The van der Waals surface area contributed by atoms with Crippen LogP contribution in [0.1, 0.15) is 31.7 Å². The molecule has 5 heteroatoms. The number of nitrogens with two attached hydrogens (primary N) is 1. The fourth-order valence-corrected chi connectivity index (χ4v) is 2.23. The first kappa shape index (κ1) is 15.8. The summed E-state index contributed by atoms with van der Waals surface area (Å²) in [6.45, 7) is 8.04. The molecule has 2 aromatic rings. The van der Waals surface area contributed by atoms with Gasteiger partial charge in [0.1, 0.15) is 5.82 Å². The van der Waals surface area contributed by atoms with Gasteiger partial charge in [-0.1, -0.05) is 18.2 Å². The average molecular weight is 299 g/mol. The van der Waals surface area contributed by atoms with Gasteiger partial charge >= 0.3 is 5.97 Å². The normalized spacial score (nSPS) is 10.5. The predicted molar refractivity (Wildman–Crippen MR) is 87.6 cm³/mol. The van der Waals surface area contributed by atoms with E-state index in [2.05, 4.69) is 11.6 Å². The number of esters is 1. The Morgan fingerprint density at radius 3 is 2.86 bits per heavy atom. The van der Waals surface area contributed by atoms with Crippen LogP contribution in [0.3, 0.4) is 0 Å². The highest BCUT2D eigenvalue weighted by atomic mass is 16.5. The molecular formula is C17H21N3O2. The Kier molecular flexibility index (Phi) is 4.99. The first-order valence-electron chi connectivity index (χ1n) is 7.26. The largest absolute Gasteiger partial charge is 0.466 e. The summed E-state index contributed by atoms with van der Waals surface area (Å²) in [5, 5.41) is 0. The van der Waals surface area contributed by atoms with E-state index in [0.29, 0.717) is 25.1 Å². The Hall–Kier alpha value is -2.56. The van der Waals surface area contributed by atoms with Crippen LogP contribution in [0, 0.1) is 0 Å². The van der Waals surface area contributed by atoms with Crippen molar-refractivity contribution in [1.82, 2.24) is 9.55 Å². The van der Waals surface area contributed by atoms with E-state index in [1.165, 1.54) is 0 Å². The van der Waals surface area contributed by atoms with Gasteiger partial charge in [-0.05, 0) is 31.5 Å². The standard InChI is InChI=1S/C17H21N3O2/c1-4-22-17(21)8-7-16-19-9-10-20(16)15-6-5-13(12(2)3)11-14(15)18/h5-6,9-11H,2,4,7-8,18H2,1,3H3. The van der Waals surface area contributed by atoms with Crippen molar-refractivity contribution in [2.24, 2.45) is 0 Å². The maximum absolute atomic E-state index is 11.5. The Balaban J connectivity index is 2.22.